The van der Waals surface area contributed by atoms with Crippen LogP contribution in [0.1, 0.15) is 35.9 Å². The number of carbonyl (C=O) groups excluding carboxylic acids is 1. The number of carbonyl (C=O) groups is 1. The summed E-state index contributed by atoms with van der Waals surface area (Å²) in [6.07, 6.45) is 1.58. The van der Waals surface area contributed by atoms with Gasteiger partial charge in [-0.1, -0.05) is 41.0 Å². The fraction of sp³-hybridized carbons (Fsp3) is 0.389. The van der Waals surface area contributed by atoms with Gasteiger partial charge in [-0.15, -0.1) is 0 Å². The summed E-state index contributed by atoms with van der Waals surface area (Å²) >= 11 is 13.7. The van der Waals surface area contributed by atoms with Gasteiger partial charge in [0.2, 0.25) is 0 Å². The van der Waals surface area contributed by atoms with Gasteiger partial charge >= 0.3 is 0 Å². The van der Waals surface area contributed by atoms with Crippen molar-refractivity contribution in [1.29, 1.82) is 0 Å². The maximum Gasteiger partial charge on any atom is 0.289 e. The minimum Gasteiger partial charge on any atom is -0.444 e. The Morgan fingerprint density at radius 3 is 2.68 bits per heavy atom. The first kappa shape index (κ1) is 18.6. The summed E-state index contributed by atoms with van der Waals surface area (Å²) in [6.45, 7) is 5.23. The Kier molecular flexibility index (Phi) is 5.40. The van der Waals surface area contributed by atoms with Crippen LogP contribution in [-0.4, -0.2) is 29.4 Å². The minimum absolute atomic E-state index is 0.0948. The molecule has 1 fully saturated rings. The third-order valence-corrected chi connectivity index (χ3v) is 6.48. The number of furan rings is 1. The first-order valence-corrected chi connectivity index (χ1v) is 9.64. The first-order valence-electron chi connectivity index (χ1n) is 8.07. The van der Waals surface area contributed by atoms with Crippen LogP contribution in [0.2, 0.25) is 10.0 Å². The lowest BCUT2D eigenvalue weighted by Gasteiger charge is -2.36. The van der Waals surface area contributed by atoms with Gasteiger partial charge < -0.3 is 15.1 Å². The zero-order valence-corrected chi connectivity index (χ0v) is 16.5. The van der Waals surface area contributed by atoms with Crippen molar-refractivity contribution in [2.24, 2.45) is 5.73 Å². The van der Waals surface area contributed by atoms with E-state index < -0.39 is 0 Å². The number of hydrogen-bond donors (Lipinski definition) is 1. The highest BCUT2D eigenvalue weighted by atomic mass is 35.5. The summed E-state index contributed by atoms with van der Waals surface area (Å²) in [7, 11) is 0. The number of likely N-dealkylation sites (tertiary alicyclic amines) is 1. The molecule has 1 aliphatic rings. The highest BCUT2D eigenvalue weighted by molar-refractivity contribution is 7.99. The van der Waals surface area contributed by atoms with Crippen LogP contribution in [0.25, 0.3) is 0 Å². The van der Waals surface area contributed by atoms with Crippen LogP contribution in [0.3, 0.4) is 0 Å². The number of hydrogen-bond acceptors (Lipinski definition) is 4. The van der Waals surface area contributed by atoms with Crippen molar-refractivity contribution in [2.45, 2.75) is 42.2 Å². The lowest BCUT2D eigenvalue weighted by molar-refractivity contribution is 0.0643. The molecule has 134 valence electrons. The van der Waals surface area contributed by atoms with Crippen molar-refractivity contribution in [3.63, 3.8) is 0 Å². The largest absolute Gasteiger partial charge is 0.444 e. The van der Waals surface area contributed by atoms with E-state index in [9.17, 15) is 4.79 Å². The molecule has 0 saturated carbocycles. The number of rotatable bonds is 3. The second-order valence-corrected chi connectivity index (χ2v) is 8.48. The number of nitrogens with two attached hydrogens (primary N) is 1. The molecule has 1 amide bonds. The van der Waals surface area contributed by atoms with E-state index in [0.717, 1.165) is 23.3 Å². The van der Waals surface area contributed by atoms with Crippen LogP contribution >= 0.6 is 35.0 Å². The SMILES string of the molecule is Cc1cc(C(=O)N2CCC(C)(N)CC2)oc1Sc1cccc(Cl)c1Cl. The van der Waals surface area contributed by atoms with Gasteiger partial charge in [0.15, 0.2) is 10.9 Å². The van der Waals surface area contributed by atoms with Crippen molar-refractivity contribution in [2.75, 3.05) is 13.1 Å². The molecule has 1 aliphatic heterocycles. The highest BCUT2D eigenvalue weighted by Gasteiger charge is 2.30. The van der Waals surface area contributed by atoms with E-state index in [1.807, 2.05) is 26.0 Å². The lowest BCUT2D eigenvalue weighted by Crippen LogP contribution is -2.49. The number of piperidine rings is 1. The number of aryl methyl sites for hydroxylation is 1. The molecule has 7 heteroatoms. The Hall–Kier alpha value is -1.14. The van der Waals surface area contributed by atoms with Gasteiger partial charge in [-0.25, -0.2) is 0 Å². The molecule has 3 rings (SSSR count). The Morgan fingerprint density at radius 2 is 2.00 bits per heavy atom. The zero-order valence-electron chi connectivity index (χ0n) is 14.1. The molecule has 0 aliphatic carbocycles. The monoisotopic (exact) mass is 398 g/mol. The molecule has 1 saturated heterocycles. The molecule has 4 nitrogen and oxygen atoms in total. The van der Waals surface area contributed by atoms with E-state index in [0.29, 0.717) is 34.0 Å². The number of halogens is 2. The first-order chi connectivity index (χ1) is 11.8. The van der Waals surface area contributed by atoms with Crippen LogP contribution in [0.4, 0.5) is 0 Å². The number of nitrogens with zero attached hydrogens (tertiary/aromatic N) is 1. The van der Waals surface area contributed by atoms with Crippen LogP contribution in [-0.2, 0) is 0 Å². The van der Waals surface area contributed by atoms with Crippen LogP contribution < -0.4 is 5.73 Å². The van der Waals surface area contributed by atoms with Crippen molar-refractivity contribution >= 4 is 40.9 Å². The van der Waals surface area contributed by atoms with Crippen molar-refractivity contribution in [3.8, 4) is 0 Å². The Balaban J connectivity index is 1.76. The fourth-order valence-corrected chi connectivity index (χ4v) is 4.08. The molecule has 2 aromatic rings. The molecule has 0 bridgehead atoms. The lowest BCUT2D eigenvalue weighted by atomic mass is 9.91. The Morgan fingerprint density at radius 1 is 1.32 bits per heavy atom. The number of benzene rings is 1. The second kappa shape index (κ2) is 7.23. The predicted octanol–water partition coefficient (Wildman–Crippen LogP) is 5.00. The second-order valence-electron chi connectivity index (χ2n) is 6.68. The van der Waals surface area contributed by atoms with E-state index in [1.165, 1.54) is 11.8 Å². The van der Waals surface area contributed by atoms with Gasteiger partial charge in [-0.05, 0) is 44.9 Å². The van der Waals surface area contributed by atoms with E-state index >= 15 is 0 Å². The normalized spacial score (nSPS) is 16.9. The third-order valence-electron chi connectivity index (χ3n) is 4.39. The molecule has 0 radical (unpaired) electrons. The summed E-state index contributed by atoms with van der Waals surface area (Å²) in [5.74, 6) is 0.251. The molecule has 1 aromatic carbocycles. The van der Waals surface area contributed by atoms with Crippen LogP contribution in [0.15, 0.2) is 38.7 Å². The summed E-state index contributed by atoms with van der Waals surface area (Å²) in [4.78, 5) is 15.3. The molecule has 0 unspecified atom stereocenters. The topological polar surface area (TPSA) is 59.5 Å². The fourth-order valence-electron chi connectivity index (χ4n) is 2.71. The van der Waals surface area contributed by atoms with Crippen LogP contribution in [0.5, 0.6) is 0 Å². The Bertz CT molecular complexity index is 794. The van der Waals surface area contributed by atoms with E-state index in [1.54, 1.807) is 17.0 Å². The van der Waals surface area contributed by atoms with Gasteiger partial charge in [0.25, 0.3) is 5.91 Å². The van der Waals surface area contributed by atoms with E-state index in [4.69, 9.17) is 33.4 Å². The average molecular weight is 399 g/mol. The maximum absolute atomic E-state index is 12.7. The van der Waals surface area contributed by atoms with Crippen molar-refractivity contribution in [3.05, 3.63) is 45.6 Å². The smallest absolute Gasteiger partial charge is 0.289 e. The average Bonchev–Trinajstić information content (AvgIpc) is 2.92. The predicted molar refractivity (Wildman–Crippen MR) is 102 cm³/mol. The molecule has 2 N–H and O–H groups in total. The van der Waals surface area contributed by atoms with Crippen LogP contribution in [0, 0.1) is 6.92 Å². The molecular formula is C18H20Cl2N2O2S. The molecule has 25 heavy (non-hydrogen) atoms. The van der Waals surface area contributed by atoms with Crippen molar-refractivity contribution in [1.82, 2.24) is 4.90 Å². The zero-order chi connectivity index (χ0) is 18.2. The third kappa shape index (κ3) is 4.17. The van der Waals surface area contributed by atoms with E-state index in [2.05, 4.69) is 0 Å². The molecule has 0 spiro atoms. The van der Waals surface area contributed by atoms with Gasteiger partial charge in [-0.3, -0.25) is 4.79 Å². The summed E-state index contributed by atoms with van der Waals surface area (Å²) in [5, 5.41) is 1.62. The van der Waals surface area contributed by atoms with Gasteiger partial charge in [0.1, 0.15) is 0 Å². The minimum atomic E-state index is -0.194. The molecule has 0 atom stereocenters. The standard InChI is InChI=1S/C18H20Cl2N2O2S/c1-11-10-13(16(23)22-8-6-18(2,21)7-9-22)24-17(11)25-14-5-3-4-12(19)15(14)20/h3-5,10H,6-9,21H2,1-2H3. The van der Waals surface area contributed by atoms with Gasteiger partial charge in [0.05, 0.1) is 10.0 Å². The molecular weight excluding hydrogens is 379 g/mol. The summed E-state index contributed by atoms with van der Waals surface area (Å²) in [6, 6.07) is 7.21. The van der Waals surface area contributed by atoms with Gasteiger partial charge in [-0.2, -0.15) is 0 Å². The molecule has 2 heterocycles. The number of amides is 1. The summed E-state index contributed by atoms with van der Waals surface area (Å²) in [5.41, 5.74) is 6.83. The van der Waals surface area contributed by atoms with Crippen molar-refractivity contribution < 1.29 is 9.21 Å². The maximum atomic E-state index is 12.7. The Labute approximate surface area is 161 Å². The quantitative estimate of drug-likeness (QED) is 0.789. The highest BCUT2D eigenvalue weighted by Crippen LogP contribution is 2.39. The molecule has 1 aromatic heterocycles. The van der Waals surface area contributed by atoms with E-state index in [-0.39, 0.29) is 11.4 Å². The van der Waals surface area contributed by atoms with Gasteiger partial charge in [0, 0.05) is 29.1 Å². The summed E-state index contributed by atoms with van der Waals surface area (Å²) < 4.78 is 5.82.